The molecule has 4 rings (SSSR count). The zero-order valence-electron chi connectivity index (χ0n) is 16.8. The lowest BCUT2D eigenvalue weighted by molar-refractivity contribution is 0.0268. The molecule has 1 N–H and O–H groups in total. The largest absolute Gasteiger partial charge is 0.379 e. The maximum atomic E-state index is 13.1. The van der Waals surface area contributed by atoms with Crippen LogP contribution in [0.15, 0.2) is 0 Å². The van der Waals surface area contributed by atoms with Crippen molar-refractivity contribution in [1.29, 1.82) is 0 Å². The molecule has 6 nitrogen and oxygen atoms in total. The summed E-state index contributed by atoms with van der Waals surface area (Å²) >= 11 is 0. The molecule has 0 bridgehead atoms. The Morgan fingerprint density at radius 2 is 1.92 bits per heavy atom. The number of hydrogen-bond donors (Lipinski definition) is 1. The van der Waals surface area contributed by atoms with Crippen molar-refractivity contribution < 1.29 is 9.53 Å². The quantitative estimate of drug-likeness (QED) is 0.894. The zero-order chi connectivity index (χ0) is 18.7. The number of nitrogens with one attached hydrogen (secondary N) is 1. The third-order valence-electron chi connectivity index (χ3n) is 5.79. The second-order valence-electron chi connectivity index (χ2n) is 9.83. The number of fused-ring (bicyclic) bond motifs is 3. The molecule has 144 valence electrons. The van der Waals surface area contributed by atoms with Gasteiger partial charge in [-0.2, -0.15) is 5.10 Å². The zero-order valence-corrected chi connectivity index (χ0v) is 16.8. The number of ether oxygens (including phenoxy) is 1. The monoisotopic (exact) mass is 360 g/mol. The second-order valence-corrected chi connectivity index (χ2v) is 9.83. The van der Waals surface area contributed by atoms with E-state index < -0.39 is 0 Å². The SMILES string of the molecule is CC(C)(CN1CCOCC1)NC(=O)c1nn(C(C)(C)C)c2c1C[C@H]1C[C@@H]21. The number of hydrogen-bond acceptors (Lipinski definition) is 4. The van der Waals surface area contributed by atoms with Crippen molar-refractivity contribution >= 4 is 5.91 Å². The molecule has 1 saturated carbocycles. The van der Waals surface area contributed by atoms with Crippen LogP contribution in [0.25, 0.3) is 0 Å². The first-order chi connectivity index (χ1) is 12.2. The topological polar surface area (TPSA) is 59.4 Å². The Balaban J connectivity index is 1.52. The fourth-order valence-corrected chi connectivity index (χ4v) is 4.53. The molecule has 2 aliphatic carbocycles. The summed E-state index contributed by atoms with van der Waals surface area (Å²) in [6.07, 6.45) is 2.28. The average molecular weight is 361 g/mol. The van der Waals surface area contributed by atoms with Crippen LogP contribution in [0.4, 0.5) is 0 Å². The minimum atomic E-state index is -0.297. The van der Waals surface area contributed by atoms with E-state index in [2.05, 4.69) is 49.5 Å². The van der Waals surface area contributed by atoms with Crippen molar-refractivity contribution in [1.82, 2.24) is 20.0 Å². The van der Waals surface area contributed by atoms with Crippen LogP contribution in [-0.4, -0.2) is 59.0 Å². The first-order valence-corrected chi connectivity index (χ1v) is 9.90. The molecule has 2 heterocycles. The van der Waals surface area contributed by atoms with Gasteiger partial charge in [0, 0.05) is 42.3 Å². The van der Waals surface area contributed by atoms with E-state index in [0.29, 0.717) is 11.6 Å². The van der Waals surface area contributed by atoms with E-state index in [-0.39, 0.29) is 17.0 Å². The lowest BCUT2D eigenvalue weighted by Gasteiger charge is -2.35. The summed E-state index contributed by atoms with van der Waals surface area (Å²) in [6, 6.07) is 0. The summed E-state index contributed by atoms with van der Waals surface area (Å²) in [7, 11) is 0. The van der Waals surface area contributed by atoms with Gasteiger partial charge in [-0.3, -0.25) is 14.4 Å². The van der Waals surface area contributed by atoms with Gasteiger partial charge in [0.2, 0.25) is 0 Å². The highest BCUT2D eigenvalue weighted by Gasteiger charge is 2.51. The number of rotatable bonds is 4. The molecule has 0 aromatic carbocycles. The molecule has 1 aliphatic heterocycles. The summed E-state index contributed by atoms with van der Waals surface area (Å²) in [5.74, 6) is 1.34. The molecule has 3 aliphatic rings. The standard InChI is InChI=1S/C20H32N4O2/c1-19(2,3)24-17-14-10-13(14)11-15(17)16(22-24)18(25)21-20(4,5)12-23-6-8-26-9-7-23/h13-14H,6-12H2,1-5H3,(H,21,25)/t13-,14-/m1/s1. The highest BCUT2D eigenvalue weighted by Crippen LogP contribution is 2.57. The van der Waals surface area contributed by atoms with E-state index in [0.717, 1.165) is 45.2 Å². The molecule has 2 fully saturated rings. The van der Waals surface area contributed by atoms with Gasteiger partial charge in [0.05, 0.1) is 18.8 Å². The molecule has 1 saturated heterocycles. The van der Waals surface area contributed by atoms with Gasteiger partial charge in [0.25, 0.3) is 5.91 Å². The number of morpholine rings is 1. The minimum Gasteiger partial charge on any atom is -0.379 e. The van der Waals surface area contributed by atoms with E-state index in [4.69, 9.17) is 9.84 Å². The van der Waals surface area contributed by atoms with Crippen LogP contribution in [0.2, 0.25) is 0 Å². The van der Waals surface area contributed by atoms with Crippen LogP contribution in [0, 0.1) is 5.92 Å². The van der Waals surface area contributed by atoms with E-state index in [9.17, 15) is 4.79 Å². The molecule has 26 heavy (non-hydrogen) atoms. The van der Waals surface area contributed by atoms with Gasteiger partial charge in [-0.15, -0.1) is 0 Å². The molecule has 2 atom stereocenters. The van der Waals surface area contributed by atoms with Crippen molar-refractivity contribution in [2.24, 2.45) is 5.92 Å². The fourth-order valence-electron chi connectivity index (χ4n) is 4.53. The molecule has 1 aromatic heterocycles. The van der Waals surface area contributed by atoms with Gasteiger partial charge in [-0.05, 0) is 53.4 Å². The number of carbonyl (C=O) groups is 1. The first-order valence-electron chi connectivity index (χ1n) is 9.90. The van der Waals surface area contributed by atoms with Crippen LogP contribution in [-0.2, 0) is 16.7 Å². The normalized spacial score (nSPS) is 25.7. The van der Waals surface area contributed by atoms with E-state index >= 15 is 0 Å². The van der Waals surface area contributed by atoms with Crippen LogP contribution < -0.4 is 5.32 Å². The molecule has 0 unspecified atom stereocenters. The molecule has 0 spiro atoms. The Morgan fingerprint density at radius 3 is 2.58 bits per heavy atom. The highest BCUT2D eigenvalue weighted by molar-refractivity contribution is 5.95. The Kier molecular flexibility index (Phi) is 4.19. The Morgan fingerprint density at radius 1 is 1.23 bits per heavy atom. The van der Waals surface area contributed by atoms with Crippen molar-refractivity contribution in [3.05, 3.63) is 17.0 Å². The Labute approximate surface area is 156 Å². The first kappa shape index (κ1) is 18.0. The molecule has 0 radical (unpaired) electrons. The second kappa shape index (κ2) is 6.06. The van der Waals surface area contributed by atoms with Crippen molar-refractivity contribution in [3.8, 4) is 0 Å². The predicted molar refractivity (Wildman–Crippen MR) is 101 cm³/mol. The highest BCUT2D eigenvalue weighted by atomic mass is 16.5. The maximum Gasteiger partial charge on any atom is 0.272 e. The summed E-state index contributed by atoms with van der Waals surface area (Å²) in [5.41, 5.74) is 2.77. The number of carbonyl (C=O) groups excluding carboxylic acids is 1. The lowest BCUT2D eigenvalue weighted by Crippen LogP contribution is -2.53. The number of aromatic nitrogens is 2. The van der Waals surface area contributed by atoms with E-state index in [1.807, 2.05) is 0 Å². The third kappa shape index (κ3) is 3.29. The van der Waals surface area contributed by atoms with Crippen LogP contribution in [0.5, 0.6) is 0 Å². The van der Waals surface area contributed by atoms with Gasteiger partial charge >= 0.3 is 0 Å². The summed E-state index contributed by atoms with van der Waals surface area (Å²) in [5, 5.41) is 8.03. The van der Waals surface area contributed by atoms with Gasteiger partial charge in [0.15, 0.2) is 5.69 Å². The van der Waals surface area contributed by atoms with Crippen LogP contribution in [0.3, 0.4) is 0 Å². The third-order valence-corrected chi connectivity index (χ3v) is 5.79. The molecule has 1 aromatic rings. The van der Waals surface area contributed by atoms with Crippen molar-refractivity contribution in [3.63, 3.8) is 0 Å². The van der Waals surface area contributed by atoms with Crippen LogP contribution >= 0.6 is 0 Å². The minimum absolute atomic E-state index is 0.0243. The maximum absolute atomic E-state index is 13.1. The summed E-state index contributed by atoms with van der Waals surface area (Å²) in [4.78, 5) is 15.5. The Bertz CT molecular complexity index is 710. The van der Waals surface area contributed by atoms with Gasteiger partial charge < -0.3 is 10.1 Å². The number of amides is 1. The number of nitrogens with zero attached hydrogens (tertiary/aromatic N) is 3. The van der Waals surface area contributed by atoms with Crippen molar-refractivity contribution in [2.75, 3.05) is 32.8 Å². The Hall–Kier alpha value is -1.40. The molecule has 6 heteroatoms. The average Bonchev–Trinajstić information content (AvgIpc) is 3.01. The fraction of sp³-hybridized carbons (Fsp3) is 0.800. The summed E-state index contributed by atoms with van der Waals surface area (Å²) < 4.78 is 7.54. The summed E-state index contributed by atoms with van der Waals surface area (Å²) in [6.45, 7) is 14.9. The molecular formula is C20H32N4O2. The van der Waals surface area contributed by atoms with Gasteiger partial charge in [0.1, 0.15) is 0 Å². The molecular weight excluding hydrogens is 328 g/mol. The van der Waals surface area contributed by atoms with Gasteiger partial charge in [-0.1, -0.05) is 0 Å². The lowest BCUT2D eigenvalue weighted by atomic mass is 10.0. The van der Waals surface area contributed by atoms with E-state index in [1.54, 1.807) is 0 Å². The molecule has 1 amide bonds. The van der Waals surface area contributed by atoms with Gasteiger partial charge in [-0.25, -0.2) is 0 Å². The predicted octanol–water partition coefficient (Wildman–Crippen LogP) is 2.14. The van der Waals surface area contributed by atoms with Crippen molar-refractivity contribution in [2.45, 2.75) is 64.5 Å². The van der Waals surface area contributed by atoms with Crippen LogP contribution in [0.1, 0.15) is 68.7 Å². The smallest absolute Gasteiger partial charge is 0.272 e. The van der Waals surface area contributed by atoms with E-state index in [1.165, 1.54) is 17.7 Å².